The van der Waals surface area contributed by atoms with Crippen LogP contribution in [0.1, 0.15) is 303 Å². The molecular formula is C57H109NO5. The molecule has 3 N–H and O–H groups in total. The van der Waals surface area contributed by atoms with Crippen molar-refractivity contribution < 1.29 is 24.5 Å². The van der Waals surface area contributed by atoms with Crippen LogP contribution in [-0.2, 0) is 14.3 Å². The molecule has 0 aromatic rings. The van der Waals surface area contributed by atoms with Crippen LogP contribution in [0.15, 0.2) is 24.3 Å². The average Bonchev–Trinajstić information content (AvgIpc) is 3.28. The van der Waals surface area contributed by atoms with E-state index >= 15 is 0 Å². The molecule has 2 atom stereocenters. The van der Waals surface area contributed by atoms with Crippen LogP contribution in [0.2, 0.25) is 0 Å². The molecule has 0 saturated heterocycles. The third-order valence-electron chi connectivity index (χ3n) is 13.0. The molecule has 0 saturated carbocycles. The molecular weight excluding hydrogens is 779 g/mol. The maximum atomic E-state index is 12.5. The van der Waals surface area contributed by atoms with E-state index in [0.717, 1.165) is 70.6 Å². The number of carbonyl (C=O) groups excluding carboxylic acids is 2. The lowest BCUT2D eigenvalue weighted by Gasteiger charge is -2.22. The predicted octanol–water partition coefficient (Wildman–Crippen LogP) is 17.1. The number of ether oxygens (including phenoxy) is 1. The number of carbonyl (C=O) groups is 2. The van der Waals surface area contributed by atoms with Crippen molar-refractivity contribution in [2.24, 2.45) is 0 Å². The molecule has 0 aliphatic carbocycles. The number of hydrogen-bond donors (Lipinski definition) is 3. The Morgan fingerprint density at radius 2 is 0.794 bits per heavy atom. The minimum atomic E-state index is -0.678. The van der Waals surface area contributed by atoms with Gasteiger partial charge in [0.25, 0.3) is 0 Å². The van der Waals surface area contributed by atoms with Crippen molar-refractivity contribution in [1.82, 2.24) is 5.32 Å². The molecule has 63 heavy (non-hydrogen) atoms. The SMILES string of the molecule is CCCCC/C=C\C/C=C\CCCCCCCC(=O)OCCCCCCCCCCCCCC(=O)NC(CO)C(O)CCCCCCCCCCCCCCCCCCCCCC. The Labute approximate surface area is 392 Å². The van der Waals surface area contributed by atoms with Gasteiger partial charge in [0.2, 0.25) is 5.91 Å². The highest BCUT2D eigenvalue weighted by Gasteiger charge is 2.20. The molecule has 0 spiro atoms. The molecule has 6 heteroatoms. The molecule has 1 amide bonds. The van der Waals surface area contributed by atoms with Gasteiger partial charge in [-0.3, -0.25) is 9.59 Å². The quantitative estimate of drug-likeness (QED) is 0.0321. The summed E-state index contributed by atoms with van der Waals surface area (Å²) in [6, 6.07) is -0.557. The zero-order chi connectivity index (χ0) is 45.8. The highest BCUT2D eigenvalue weighted by molar-refractivity contribution is 5.76. The van der Waals surface area contributed by atoms with Gasteiger partial charge in [0.05, 0.1) is 25.4 Å². The fourth-order valence-corrected chi connectivity index (χ4v) is 8.67. The summed E-state index contributed by atoms with van der Waals surface area (Å²) in [6.07, 6.45) is 63.0. The number of hydrogen-bond acceptors (Lipinski definition) is 5. The molecule has 0 bridgehead atoms. The summed E-state index contributed by atoms with van der Waals surface area (Å²) in [4.78, 5) is 24.5. The van der Waals surface area contributed by atoms with Crippen molar-refractivity contribution in [3.05, 3.63) is 24.3 Å². The van der Waals surface area contributed by atoms with E-state index in [1.807, 2.05) is 0 Å². The van der Waals surface area contributed by atoms with Crippen molar-refractivity contribution in [2.75, 3.05) is 13.2 Å². The van der Waals surface area contributed by atoms with Gasteiger partial charge in [-0.05, 0) is 57.8 Å². The van der Waals surface area contributed by atoms with Crippen molar-refractivity contribution in [1.29, 1.82) is 0 Å². The number of rotatable bonds is 52. The van der Waals surface area contributed by atoms with E-state index in [2.05, 4.69) is 43.5 Å². The summed E-state index contributed by atoms with van der Waals surface area (Å²) in [5.74, 6) is -0.0794. The first-order valence-electron chi connectivity index (χ1n) is 28.1. The second-order valence-corrected chi connectivity index (χ2v) is 19.3. The van der Waals surface area contributed by atoms with Gasteiger partial charge in [-0.25, -0.2) is 0 Å². The molecule has 0 radical (unpaired) electrons. The lowest BCUT2D eigenvalue weighted by molar-refractivity contribution is -0.143. The van der Waals surface area contributed by atoms with E-state index in [1.54, 1.807) is 0 Å². The molecule has 0 fully saturated rings. The van der Waals surface area contributed by atoms with Crippen LogP contribution in [0.25, 0.3) is 0 Å². The summed E-state index contributed by atoms with van der Waals surface area (Å²) >= 11 is 0. The van der Waals surface area contributed by atoms with Gasteiger partial charge in [0.15, 0.2) is 0 Å². The Morgan fingerprint density at radius 1 is 0.444 bits per heavy atom. The van der Waals surface area contributed by atoms with E-state index in [4.69, 9.17) is 4.74 Å². The van der Waals surface area contributed by atoms with E-state index in [1.165, 1.54) is 199 Å². The first kappa shape index (κ1) is 61.3. The van der Waals surface area contributed by atoms with Crippen LogP contribution in [-0.4, -0.2) is 47.4 Å². The van der Waals surface area contributed by atoms with E-state index < -0.39 is 12.1 Å². The second-order valence-electron chi connectivity index (χ2n) is 19.3. The number of esters is 1. The monoisotopic (exact) mass is 888 g/mol. The Bertz CT molecular complexity index is 982. The predicted molar refractivity (Wildman–Crippen MR) is 273 cm³/mol. The lowest BCUT2D eigenvalue weighted by Crippen LogP contribution is -2.45. The molecule has 0 aromatic carbocycles. The van der Waals surface area contributed by atoms with Gasteiger partial charge in [-0.2, -0.15) is 0 Å². The highest BCUT2D eigenvalue weighted by atomic mass is 16.5. The van der Waals surface area contributed by atoms with Crippen LogP contribution in [0.4, 0.5) is 0 Å². The third kappa shape index (κ3) is 49.6. The topological polar surface area (TPSA) is 95.9 Å². The molecule has 0 aliphatic rings. The van der Waals surface area contributed by atoms with Crippen LogP contribution in [0.3, 0.4) is 0 Å². The van der Waals surface area contributed by atoms with Gasteiger partial charge in [-0.1, -0.05) is 256 Å². The number of nitrogens with one attached hydrogen (secondary N) is 1. The molecule has 372 valence electrons. The second kappa shape index (κ2) is 53.0. The van der Waals surface area contributed by atoms with E-state index in [-0.39, 0.29) is 18.5 Å². The highest BCUT2D eigenvalue weighted by Crippen LogP contribution is 2.17. The Kier molecular flexibility index (Phi) is 51.6. The Hall–Kier alpha value is -1.66. The van der Waals surface area contributed by atoms with Gasteiger partial charge in [-0.15, -0.1) is 0 Å². The van der Waals surface area contributed by atoms with Crippen LogP contribution >= 0.6 is 0 Å². The number of allylic oxidation sites excluding steroid dienone is 4. The minimum absolute atomic E-state index is 0.0270. The first-order chi connectivity index (χ1) is 31.0. The normalized spacial score (nSPS) is 12.8. The largest absolute Gasteiger partial charge is 0.466 e. The fourth-order valence-electron chi connectivity index (χ4n) is 8.67. The van der Waals surface area contributed by atoms with Crippen LogP contribution in [0.5, 0.6) is 0 Å². The molecule has 6 nitrogen and oxygen atoms in total. The van der Waals surface area contributed by atoms with E-state index in [9.17, 15) is 19.8 Å². The number of aliphatic hydroxyl groups excluding tert-OH is 2. The standard InChI is InChI=1S/C57H109NO5/c1-3-5-7-9-11-13-15-17-19-20-21-22-23-25-26-29-33-37-41-45-49-55(60)54(53-59)58-56(61)50-46-42-38-34-30-28-32-36-40-44-48-52-63-57(62)51-47-43-39-35-31-27-24-18-16-14-12-10-8-6-4-2/h12,14,18,24,54-55,59-60H,3-11,13,15-17,19-23,25-53H2,1-2H3,(H,58,61)/b14-12-,24-18-. The summed E-state index contributed by atoms with van der Waals surface area (Å²) in [6.45, 7) is 4.89. The maximum Gasteiger partial charge on any atom is 0.305 e. The van der Waals surface area contributed by atoms with E-state index in [0.29, 0.717) is 25.9 Å². The Balaban J connectivity index is 3.47. The maximum absolute atomic E-state index is 12.5. The van der Waals surface area contributed by atoms with Gasteiger partial charge < -0.3 is 20.3 Å². The zero-order valence-corrected chi connectivity index (χ0v) is 42.3. The number of amides is 1. The Morgan fingerprint density at radius 3 is 1.24 bits per heavy atom. The average molecular weight is 889 g/mol. The fraction of sp³-hybridized carbons (Fsp3) is 0.895. The van der Waals surface area contributed by atoms with Crippen molar-refractivity contribution >= 4 is 11.9 Å². The molecule has 0 rings (SSSR count). The minimum Gasteiger partial charge on any atom is -0.466 e. The summed E-state index contributed by atoms with van der Waals surface area (Å²) in [5.41, 5.74) is 0. The van der Waals surface area contributed by atoms with Gasteiger partial charge >= 0.3 is 5.97 Å². The van der Waals surface area contributed by atoms with Crippen molar-refractivity contribution in [2.45, 2.75) is 315 Å². The van der Waals surface area contributed by atoms with Crippen molar-refractivity contribution in [3.63, 3.8) is 0 Å². The summed E-state index contributed by atoms with van der Waals surface area (Å²) < 4.78 is 5.46. The molecule has 2 unspecified atom stereocenters. The zero-order valence-electron chi connectivity index (χ0n) is 42.3. The molecule has 0 aromatic heterocycles. The van der Waals surface area contributed by atoms with Crippen LogP contribution in [0, 0.1) is 0 Å². The van der Waals surface area contributed by atoms with Crippen molar-refractivity contribution in [3.8, 4) is 0 Å². The van der Waals surface area contributed by atoms with Crippen LogP contribution < -0.4 is 5.32 Å². The van der Waals surface area contributed by atoms with Gasteiger partial charge in [0.1, 0.15) is 0 Å². The van der Waals surface area contributed by atoms with Gasteiger partial charge in [0, 0.05) is 12.8 Å². The number of aliphatic hydroxyl groups is 2. The third-order valence-corrected chi connectivity index (χ3v) is 13.0. The lowest BCUT2D eigenvalue weighted by atomic mass is 10.0. The molecule has 0 heterocycles. The smallest absolute Gasteiger partial charge is 0.305 e. The summed E-state index contributed by atoms with van der Waals surface area (Å²) in [7, 11) is 0. The summed E-state index contributed by atoms with van der Waals surface area (Å²) in [5, 5.41) is 23.3. The number of unbranched alkanes of at least 4 members (excludes halogenated alkanes) is 37. The molecule has 0 aliphatic heterocycles. The first-order valence-corrected chi connectivity index (χ1v) is 28.1.